The Bertz CT molecular complexity index is 500. The second-order valence-corrected chi connectivity index (χ2v) is 5.51. The van der Waals surface area contributed by atoms with Crippen LogP contribution >= 0.6 is 0 Å². The highest BCUT2D eigenvalue weighted by molar-refractivity contribution is 5.36. The largest absolute Gasteiger partial charge is 0.324 e. The lowest BCUT2D eigenvalue weighted by Crippen LogP contribution is -2.29. The normalized spacial score (nSPS) is 22.9. The molecule has 0 bridgehead atoms. The molecule has 0 amide bonds. The summed E-state index contributed by atoms with van der Waals surface area (Å²) in [5.74, 6) is 0.430. The smallest absolute Gasteiger partial charge is 0.0290 e. The molecule has 2 rings (SSSR count). The van der Waals surface area contributed by atoms with Gasteiger partial charge in [0, 0.05) is 19.1 Å². The number of rotatable bonds is 4. The Hall–Kier alpha value is -1.38. The molecule has 3 N–H and O–H groups in total. The predicted molar refractivity (Wildman–Crippen MR) is 81.9 cm³/mol. The molecule has 1 aliphatic carbocycles. The quantitative estimate of drug-likeness (QED) is 0.869. The highest BCUT2D eigenvalue weighted by Crippen LogP contribution is 2.21. The van der Waals surface area contributed by atoms with Crippen LogP contribution in [0.2, 0.25) is 0 Å². The van der Waals surface area contributed by atoms with Gasteiger partial charge in [0.15, 0.2) is 0 Å². The van der Waals surface area contributed by atoms with E-state index >= 15 is 0 Å². The number of nitrogens with two attached hydrogens (primary N) is 1. The molecule has 0 spiro atoms. The van der Waals surface area contributed by atoms with Crippen molar-refractivity contribution in [1.82, 2.24) is 5.32 Å². The zero-order chi connectivity index (χ0) is 13.8. The number of aryl methyl sites for hydroxylation is 1. The number of hydrogen-bond donors (Lipinski definition) is 2. The molecule has 0 radical (unpaired) electrons. The Balaban J connectivity index is 1.92. The van der Waals surface area contributed by atoms with Gasteiger partial charge in [0.2, 0.25) is 0 Å². The number of hydrogen-bond acceptors (Lipinski definition) is 2. The lowest BCUT2D eigenvalue weighted by Gasteiger charge is -2.23. The monoisotopic (exact) mass is 256 g/mol. The van der Waals surface area contributed by atoms with E-state index in [0.29, 0.717) is 5.92 Å². The first-order valence-electron chi connectivity index (χ1n) is 6.98. The first-order valence-corrected chi connectivity index (χ1v) is 6.98. The molecule has 19 heavy (non-hydrogen) atoms. The van der Waals surface area contributed by atoms with Crippen molar-refractivity contribution in [2.24, 2.45) is 11.7 Å². The van der Waals surface area contributed by atoms with E-state index < -0.39 is 0 Å². The van der Waals surface area contributed by atoms with Crippen molar-refractivity contribution < 1.29 is 0 Å². The van der Waals surface area contributed by atoms with Crippen LogP contribution in [0.5, 0.6) is 0 Å². The van der Waals surface area contributed by atoms with Crippen LogP contribution in [0, 0.1) is 12.8 Å². The molecule has 1 aromatic carbocycles. The average Bonchev–Trinajstić information content (AvgIpc) is 2.38. The molecule has 0 aromatic heterocycles. The first kappa shape index (κ1) is 14.0. The molecular formula is C17H24N2. The van der Waals surface area contributed by atoms with Gasteiger partial charge in [-0.15, -0.1) is 0 Å². The predicted octanol–water partition coefficient (Wildman–Crippen LogP) is 2.93. The van der Waals surface area contributed by atoms with Crippen molar-refractivity contribution in [3.05, 3.63) is 58.7 Å². The molecule has 0 saturated carbocycles. The molecule has 2 unspecified atom stereocenters. The maximum atomic E-state index is 6.03. The zero-order valence-electron chi connectivity index (χ0n) is 12.1. The van der Waals surface area contributed by atoms with Crippen LogP contribution in [-0.2, 0) is 6.54 Å². The van der Waals surface area contributed by atoms with E-state index in [9.17, 15) is 0 Å². The van der Waals surface area contributed by atoms with Crippen LogP contribution in [0.4, 0.5) is 0 Å². The Morgan fingerprint density at radius 3 is 2.58 bits per heavy atom. The standard InChI is InChI=1S/C17H24N2/c1-12-6-4-5-7-15(12)10-19-11-16-8-14(3)17(18)9-13(16)2/h4-9,14,17,19H,10-11,18H2,1-3H3. The van der Waals surface area contributed by atoms with Gasteiger partial charge in [0.25, 0.3) is 0 Å². The van der Waals surface area contributed by atoms with Crippen molar-refractivity contribution in [3.63, 3.8) is 0 Å². The average molecular weight is 256 g/mol. The van der Waals surface area contributed by atoms with Gasteiger partial charge >= 0.3 is 0 Å². The fourth-order valence-electron chi connectivity index (χ4n) is 2.45. The van der Waals surface area contributed by atoms with Gasteiger partial charge in [-0.3, -0.25) is 0 Å². The van der Waals surface area contributed by atoms with E-state index in [2.05, 4.69) is 62.5 Å². The van der Waals surface area contributed by atoms with Crippen LogP contribution in [0.1, 0.15) is 25.0 Å². The van der Waals surface area contributed by atoms with E-state index in [4.69, 9.17) is 5.73 Å². The van der Waals surface area contributed by atoms with Crippen LogP contribution < -0.4 is 11.1 Å². The summed E-state index contributed by atoms with van der Waals surface area (Å²) in [4.78, 5) is 0. The molecule has 0 heterocycles. The molecule has 2 nitrogen and oxygen atoms in total. The van der Waals surface area contributed by atoms with Crippen LogP contribution in [0.25, 0.3) is 0 Å². The molecule has 2 atom stereocenters. The maximum Gasteiger partial charge on any atom is 0.0290 e. The van der Waals surface area contributed by atoms with E-state index in [-0.39, 0.29) is 6.04 Å². The van der Waals surface area contributed by atoms with Crippen molar-refractivity contribution >= 4 is 0 Å². The Labute approximate surface area is 116 Å². The van der Waals surface area contributed by atoms with Crippen LogP contribution in [0.15, 0.2) is 47.6 Å². The lowest BCUT2D eigenvalue weighted by atomic mass is 9.89. The summed E-state index contributed by atoms with van der Waals surface area (Å²) in [6, 6.07) is 8.68. The van der Waals surface area contributed by atoms with Gasteiger partial charge in [-0.2, -0.15) is 0 Å². The topological polar surface area (TPSA) is 38.0 Å². The second kappa shape index (κ2) is 6.18. The van der Waals surface area contributed by atoms with Crippen LogP contribution in [-0.4, -0.2) is 12.6 Å². The molecule has 1 aliphatic rings. The summed E-state index contributed by atoms with van der Waals surface area (Å²) in [6.45, 7) is 8.30. The Morgan fingerprint density at radius 1 is 1.11 bits per heavy atom. The fourth-order valence-corrected chi connectivity index (χ4v) is 2.45. The number of nitrogens with one attached hydrogen (secondary N) is 1. The maximum absolute atomic E-state index is 6.03. The summed E-state index contributed by atoms with van der Waals surface area (Å²) < 4.78 is 0. The Morgan fingerprint density at radius 2 is 1.84 bits per heavy atom. The summed E-state index contributed by atoms with van der Waals surface area (Å²) in [7, 11) is 0. The summed E-state index contributed by atoms with van der Waals surface area (Å²) in [6.07, 6.45) is 4.47. The fraction of sp³-hybridized carbons (Fsp3) is 0.412. The third-order valence-electron chi connectivity index (χ3n) is 3.91. The molecule has 0 fully saturated rings. The minimum Gasteiger partial charge on any atom is -0.324 e. The number of benzene rings is 1. The lowest BCUT2D eigenvalue weighted by molar-refractivity contribution is 0.606. The summed E-state index contributed by atoms with van der Waals surface area (Å²) in [5.41, 5.74) is 11.4. The van der Waals surface area contributed by atoms with Gasteiger partial charge in [0.05, 0.1) is 0 Å². The zero-order valence-corrected chi connectivity index (χ0v) is 12.1. The van der Waals surface area contributed by atoms with Gasteiger partial charge < -0.3 is 11.1 Å². The van der Waals surface area contributed by atoms with Gasteiger partial charge in [-0.1, -0.05) is 43.3 Å². The third-order valence-corrected chi connectivity index (χ3v) is 3.91. The summed E-state index contributed by atoms with van der Waals surface area (Å²) in [5, 5.41) is 3.53. The van der Waals surface area contributed by atoms with Gasteiger partial charge in [-0.25, -0.2) is 0 Å². The van der Waals surface area contributed by atoms with Gasteiger partial charge in [0.1, 0.15) is 0 Å². The molecule has 0 aliphatic heterocycles. The van der Waals surface area contributed by atoms with Crippen molar-refractivity contribution in [3.8, 4) is 0 Å². The molecule has 2 heteroatoms. The van der Waals surface area contributed by atoms with Crippen molar-refractivity contribution in [2.75, 3.05) is 6.54 Å². The molecule has 102 valence electrons. The third kappa shape index (κ3) is 3.55. The molecule has 0 saturated heterocycles. The van der Waals surface area contributed by atoms with Gasteiger partial charge in [-0.05, 0) is 42.0 Å². The van der Waals surface area contributed by atoms with E-state index in [1.54, 1.807) is 0 Å². The highest BCUT2D eigenvalue weighted by Gasteiger charge is 2.15. The van der Waals surface area contributed by atoms with Crippen molar-refractivity contribution in [1.29, 1.82) is 0 Å². The van der Waals surface area contributed by atoms with Crippen molar-refractivity contribution in [2.45, 2.75) is 33.4 Å². The van der Waals surface area contributed by atoms with E-state index in [0.717, 1.165) is 13.1 Å². The molecular weight excluding hydrogens is 232 g/mol. The minimum absolute atomic E-state index is 0.167. The SMILES string of the molecule is CC1=CC(N)C(C)C=C1CNCc1ccccc1C. The minimum atomic E-state index is 0.167. The van der Waals surface area contributed by atoms with Crippen LogP contribution in [0.3, 0.4) is 0 Å². The first-order chi connectivity index (χ1) is 9.08. The van der Waals surface area contributed by atoms with E-state index in [1.807, 2.05) is 0 Å². The highest BCUT2D eigenvalue weighted by atomic mass is 14.9. The molecule has 1 aromatic rings. The summed E-state index contributed by atoms with van der Waals surface area (Å²) >= 11 is 0. The van der Waals surface area contributed by atoms with E-state index in [1.165, 1.54) is 22.3 Å². The Kier molecular flexibility index (Phi) is 4.56. The second-order valence-electron chi connectivity index (χ2n) is 5.51.